The number of anilines is 1. The Kier molecular flexibility index (Phi) is 3.21. The van der Waals surface area contributed by atoms with Crippen molar-refractivity contribution in [3.8, 4) is 0 Å². The van der Waals surface area contributed by atoms with Crippen LogP contribution in [0.25, 0.3) is 0 Å². The number of aromatic nitrogens is 2. The molecule has 0 radical (unpaired) electrons. The summed E-state index contributed by atoms with van der Waals surface area (Å²) in [5.41, 5.74) is 5.49. The van der Waals surface area contributed by atoms with E-state index in [1.165, 1.54) is 0 Å². The highest BCUT2D eigenvalue weighted by molar-refractivity contribution is 5.93. The lowest BCUT2D eigenvalue weighted by molar-refractivity contribution is -0.0760. The molecule has 1 aromatic heterocycles. The lowest BCUT2D eigenvalue weighted by Crippen LogP contribution is -2.33. The van der Waals surface area contributed by atoms with Crippen LogP contribution in [-0.2, 0) is 10.3 Å². The number of carboxylic acid groups (broad SMARTS) is 1. The predicted molar refractivity (Wildman–Crippen MR) is 65.3 cm³/mol. The second-order valence-corrected chi connectivity index (χ2v) is 4.73. The van der Waals surface area contributed by atoms with Crippen molar-refractivity contribution >= 4 is 11.8 Å². The third-order valence-electron chi connectivity index (χ3n) is 3.27. The Hall–Kier alpha value is -1.69. The topological polar surface area (TPSA) is 98.3 Å². The van der Waals surface area contributed by atoms with Gasteiger partial charge in [0.25, 0.3) is 0 Å². The fraction of sp³-hybridized carbons (Fsp3) is 0.583. The molecule has 0 spiro atoms. The summed E-state index contributed by atoms with van der Waals surface area (Å²) < 4.78 is 5.73. The standard InChI is InChI=1S/C12H17N3O3/c1-7-8(10(16)17)9(13)15-11(14-7)12(2)5-3-4-6-18-12/h3-6H2,1-2H3,(H,16,17)(H2,13,14,15). The molecule has 1 atom stereocenters. The van der Waals surface area contributed by atoms with Crippen LogP contribution in [0, 0.1) is 6.92 Å². The van der Waals surface area contributed by atoms with Gasteiger partial charge in [0.2, 0.25) is 0 Å². The molecular weight excluding hydrogens is 234 g/mol. The van der Waals surface area contributed by atoms with Crippen LogP contribution in [0.15, 0.2) is 0 Å². The van der Waals surface area contributed by atoms with Crippen LogP contribution in [0.1, 0.15) is 48.1 Å². The molecule has 6 nitrogen and oxygen atoms in total. The SMILES string of the molecule is Cc1nc(C2(C)CCCCO2)nc(N)c1C(=O)O. The minimum atomic E-state index is -1.11. The lowest BCUT2D eigenvalue weighted by Gasteiger charge is -2.32. The van der Waals surface area contributed by atoms with Crippen molar-refractivity contribution in [3.63, 3.8) is 0 Å². The van der Waals surface area contributed by atoms with Crippen molar-refractivity contribution in [1.82, 2.24) is 9.97 Å². The first kappa shape index (κ1) is 12.8. The highest BCUT2D eigenvalue weighted by Crippen LogP contribution is 2.33. The maximum Gasteiger partial charge on any atom is 0.341 e. The molecule has 18 heavy (non-hydrogen) atoms. The van der Waals surface area contributed by atoms with Gasteiger partial charge in [-0.25, -0.2) is 14.8 Å². The van der Waals surface area contributed by atoms with Gasteiger partial charge in [-0.05, 0) is 33.1 Å². The lowest BCUT2D eigenvalue weighted by atomic mass is 9.94. The molecule has 0 aromatic carbocycles. The van der Waals surface area contributed by atoms with Gasteiger partial charge < -0.3 is 15.6 Å². The van der Waals surface area contributed by atoms with Gasteiger partial charge in [-0.1, -0.05) is 0 Å². The molecule has 0 saturated carbocycles. The van der Waals surface area contributed by atoms with E-state index in [-0.39, 0.29) is 11.4 Å². The number of nitrogens with zero attached hydrogens (tertiary/aromatic N) is 2. The number of carboxylic acids is 1. The Bertz CT molecular complexity index is 458. The smallest absolute Gasteiger partial charge is 0.341 e. The Morgan fingerprint density at radius 3 is 2.67 bits per heavy atom. The molecule has 1 aliphatic rings. The molecule has 0 amide bonds. The zero-order valence-electron chi connectivity index (χ0n) is 10.6. The van der Waals surface area contributed by atoms with E-state index in [1.807, 2.05) is 6.92 Å². The van der Waals surface area contributed by atoms with Crippen LogP contribution >= 0.6 is 0 Å². The molecule has 1 aromatic rings. The summed E-state index contributed by atoms with van der Waals surface area (Å²) in [6.45, 7) is 4.21. The van der Waals surface area contributed by atoms with E-state index >= 15 is 0 Å². The van der Waals surface area contributed by atoms with E-state index in [0.29, 0.717) is 18.1 Å². The molecule has 3 N–H and O–H groups in total. The third-order valence-corrected chi connectivity index (χ3v) is 3.27. The first-order chi connectivity index (χ1) is 8.44. The number of carbonyl (C=O) groups is 1. The number of aromatic carboxylic acids is 1. The van der Waals surface area contributed by atoms with Crippen LogP contribution in [0.3, 0.4) is 0 Å². The van der Waals surface area contributed by atoms with Gasteiger partial charge in [0, 0.05) is 6.61 Å². The van der Waals surface area contributed by atoms with Crippen molar-refractivity contribution < 1.29 is 14.6 Å². The number of rotatable bonds is 2. The average molecular weight is 251 g/mol. The normalized spacial score (nSPS) is 23.9. The molecule has 98 valence electrons. The van der Waals surface area contributed by atoms with Crippen LogP contribution in [-0.4, -0.2) is 27.7 Å². The Labute approximate surface area is 105 Å². The van der Waals surface area contributed by atoms with Crippen molar-refractivity contribution in [1.29, 1.82) is 0 Å². The molecular formula is C12H17N3O3. The molecule has 1 saturated heterocycles. The first-order valence-electron chi connectivity index (χ1n) is 5.96. The minimum absolute atomic E-state index is 0.000369. The fourth-order valence-corrected chi connectivity index (χ4v) is 2.21. The van der Waals surface area contributed by atoms with Crippen molar-refractivity contribution in [2.75, 3.05) is 12.3 Å². The summed E-state index contributed by atoms with van der Waals surface area (Å²) in [6.07, 6.45) is 2.88. The van der Waals surface area contributed by atoms with Gasteiger partial charge in [0.15, 0.2) is 5.82 Å². The summed E-state index contributed by atoms with van der Waals surface area (Å²) in [4.78, 5) is 19.4. The van der Waals surface area contributed by atoms with Crippen molar-refractivity contribution in [2.45, 2.75) is 38.7 Å². The van der Waals surface area contributed by atoms with E-state index < -0.39 is 11.6 Å². The Balaban J connectivity index is 2.44. The van der Waals surface area contributed by atoms with E-state index in [2.05, 4.69) is 9.97 Å². The Morgan fingerprint density at radius 1 is 1.44 bits per heavy atom. The van der Waals surface area contributed by atoms with Gasteiger partial charge in [0.1, 0.15) is 17.0 Å². The van der Waals surface area contributed by atoms with E-state index in [0.717, 1.165) is 19.3 Å². The van der Waals surface area contributed by atoms with E-state index in [4.69, 9.17) is 15.6 Å². The average Bonchev–Trinajstić information content (AvgIpc) is 2.28. The minimum Gasteiger partial charge on any atom is -0.477 e. The zero-order valence-corrected chi connectivity index (χ0v) is 10.6. The summed E-state index contributed by atoms with van der Waals surface area (Å²) in [6, 6.07) is 0. The Morgan fingerprint density at radius 2 is 2.17 bits per heavy atom. The summed E-state index contributed by atoms with van der Waals surface area (Å²) in [7, 11) is 0. The van der Waals surface area contributed by atoms with E-state index in [1.54, 1.807) is 6.92 Å². The highest BCUT2D eigenvalue weighted by Gasteiger charge is 2.34. The van der Waals surface area contributed by atoms with Crippen molar-refractivity contribution in [3.05, 3.63) is 17.1 Å². The quantitative estimate of drug-likeness (QED) is 0.826. The molecule has 6 heteroatoms. The van der Waals surface area contributed by atoms with Gasteiger partial charge >= 0.3 is 5.97 Å². The highest BCUT2D eigenvalue weighted by atomic mass is 16.5. The molecule has 2 heterocycles. The predicted octanol–water partition coefficient (Wildman–Crippen LogP) is 1.48. The van der Waals surface area contributed by atoms with Gasteiger partial charge in [-0.3, -0.25) is 0 Å². The number of aryl methyl sites for hydroxylation is 1. The zero-order chi connectivity index (χ0) is 13.3. The first-order valence-corrected chi connectivity index (χ1v) is 5.96. The van der Waals surface area contributed by atoms with Crippen LogP contribution in [0.4, 0.5) is 5.82 Å². The van der Waals surface area contributed by atoms with Gasteiger partial charge in [0.05, 0.1) is 5.69 Å². The number of nitrogen functional groups attached to an aromatic ring is 1. The third kappa shape index (κ3) is 2.15. The largest absolute Gasteiger partial charge is 0.477 e. The summed E-state index contributed by atoms with van der Waals surface area (Å²) >= 11 is 0. The van der Waals surface area contributed by atoms with Crippen molar-refractivity contribution in [2.24, 2.45) is 0 Å². The molecule has 0 bridgehead atoms. The monoisotopic (exact) mass is 251 g/mol. The van der Waals surface area contributed by atoms with Gasteiger partial charge in [-0.2, -0.15) is 0 Å². The molecule has 2 rings (SSSR count). The van der Waals surface area contributed by atoms with Gasteiger partial charge in [-0.15, -0.1) is 0 Å². The fourth-order valence-electron chi connectivity index (χ4n) is 2.21. The number of nitrogens with two attached hydrogens (primary N) is 1. The summed E-state index contributed by atoms with van der Waals surface area (Å²) in [5.74, 6) is -0.631. The van der Waals surface area contributed by atoms with Crippen LogP contribution in [0.5, 0.6) is 0 Å². The molecule has 1 fully saturated rings. The second-order valence-electron chi connectivity index (χ2n) is 4.73. The molecule has 1 aliphatic heterocycles. The number of hydrogen-bond acceptors (Lipinski definition) is 5. The second kappa shape index (κ2) is 4.53. The van der Waals surface area contributed by atoms with Crippen LogP contribution in [0.2, 0.25) is 0 Å². The molecule has 0 aliphatic carbocycles. The maximum absolute atomic E-state index is 11.0. The number of ether oxygens (including phenoxy) is 1. The molecule has 1 unspecified atom stereocenters. The summed E-state index contributed by atoms with van der Waals surface area (Å²) in [5, 5.41) is 9.02. The van der Waals surface area contributed by atoms with E-state index in [9.17, 15) is 4.79 Å². The maximum atomic E-state index is 11.0. The number of hydrogen-bond donors (Lipinski definition) is 2. The van der Waals surface area contributed by atoms with Crippen LogP contribution < -0.4 is 5.73 Å².